The summed E-state index contributed by atoms with van der Waals surface area (Å²) in [5, 5.41) is 1.97. The quantitative estimate of drug-likeness (QED) is 0.916. The second kappa shape index (κ2) is 5.19. The lowest BCUT2D eigenvalue weighted by atomic mass is 9.80. The molecule has 114 valence electrons. The monoisotopic (exact) mass is 306 g/mol. The zero-order valence-corrected chi connectivity index (χ0v) is 13.6. The summed E-state index contributed by atoms with van der Waals surface area (Å²) in [4.78, 5) is 19.9. The molecule has 0 spiro atoms. The van der Waals surface area contributed by atoms with Gasteiger partial charge in [0.05, 0.1) is 5.69 Å². The Bertz CT molecular complexity index is 718. The average Bonchev–Trinajstić information content (AvgIpc) is 2.76. The number of likely N-dealkylation sites (tertiary alicyclic amines) is 1. The predicted molar refractivity (Wildman–Crippen MR) is 85.7 cm³/mol. The van der Waals surface area contributed by atoms with Crippen LogP contribution in [0.15, 0.2) is 16.2 Å². The number of aromatic nitrogens is 2. The SMILES string of the molecule is Cc1csc2nc(CN3CCC(N)C(C)(C)C3)cc(=O)n12. The Hall–Kier alpha value is -1.24. The van der Waals surface area contributed by atoms with Gasteiger partial charge in [-0.05, 0) is 18.8 Å². The Labute approximate surface area is 128 Å². The minimum absolute atomic E-state index is 0.0155. The van der Waals surface area contributed by atoms with E-state index in [0.717, 1.165) is 42.4 Å². The van der Waals surface area contributed by atoms with Crippen LogP contribution in [-0.2, 0) is 6.54 Å². The summed E-state index contributed by atoms with van der Waals surface area (Å²) in [7, 11) is 0. The maximum Gasteiger partial charge on any atom is 0.259 e. The number of piperidine rings is 1. The Kier molecular flexibility index (Phi) is 3.63. The summed E-state index contributed by atoms with van der Waals surface area (Å²) >= 11 is 1.52. The fourth-order valence-corrected chi connectivity index (χ4v) is 3.92. The summed E-state index contributed by atoms with van der Waals surface area (Å²) in [5.41, 5.74) is 8.10. The lowest BCUT2D eigenvalue weighted by molar-refractivity contribution is 0.0889. The van der Waals surface area contributed by atoms with Crippen molar-refractivity contribution < 1.29 is 0 Å². The zero-order chi connectivity index (χ0) is 15.2. The first-order valence-electron chi connectivity index (χ1n) is 7.31. The van der Waals surface area contributed by atoms with Crippen LogP contribution >= 0.6 is 11.3 Å². The number of aryl methyl sites for hydroxylation is 1. The predicted octanol–water partition coefficient (Wildman–Crippen LogP) is 1.62. The van der Waals surface area contributed by atoms with E-state index in [0.29, 0.717) is 0 Å². The van der Waals surface area contributed by atoms with Gasteiger partial charge in [0.25, 0.3) is 5.56 Å². The van der Waals surface area contributed by atoms with Crippen molar-refractivity contribution in [2.45, 2.75) is 39.8 Å². The van der Waals surface area contributed by atoms with Crippen LogP contribution in [0.25, 0.3) is 4.96 Å². The van der Waals surface area contributed by atoms with Crippen LogP contribution in [0.5, 0.6) is 0 Å². The van der Waals surface area contributed by atoms with Crippen molar-refractivity contribution >= 4 is 16.3 Å². The van der Waals surface area contributed by atoms with Crippen LogP contribution < -0.4 is 11.3 Å². The highest BCUT2D eigenvalue weighted by molar-refractivity contribution is 7.15. The van der Waals surface area contributed by atoms with Crippen molar-refractivity contribution in [1.82, 2.24) is 14.3 Å². The lowest BCUT2D eigenvalue weighted by Crippen LogP contribution is -2.52. The molecular weight excluding hydrogens is 284 g/mol. The van der Waals surface area contributed by atoms with Crippen LogP contribution in [0.1, 0.15) is 31.7 Å². The fraction of sp³-hybridized carbons (Fsp3) is 0.600. The third-order valence-corrected chi connectivity index (χ3v) is 5.35. The number of nitrogens with two attached hydrogens (primary N) is 1. The molecule has 6 heteroatoms. The van der Waals surface area contributed by atoms with Crippen LogP contribution in [0.4, 0.5) is 0 Å². The number of hydrogen-bond acceptors (Lipinski definition) is 5. The summed E-state index contributed by atoms with van der Waals surface area (Å²) in [6.45, 7) is 8.98. The van der Waals surface area contributed by atoms with E-state index in [1.807, 2.05) is 12.3 Å². The van der Waals surface area contributed by atoms with E-state index in [1.54, 1.807) is 10.5 Å². The molecule has 2 aromatic rings. The van der Waals surface area contributed by atoms with Gasteiger partial charge in [-0.1, -0.05) is 13.8 Å². The van der Waals surface area contributed by atoms with Gasteiger partial charge in [-0.3, -0.25) is 14.1 Å². The second-order valence-electron chi connectivity index (χ2n) is 6.68. The fourth-order valence-electron chi connectivity index (χ4n) is 3.03. The van der Waals surface area contributed by atoms with Crippen molar-refractivity contribution in [2.24, 2.45) is 11.1 Å². The number of nitrogens with zero attached hydrogens (tertiary/aromatic N) is 3. The van der Waals surface area contributed by atoms with Gasteiger partial charge in [0.1, 0.15) is 0 Å². The summed E-state index contributed by atoms with van der Waals surface area (Å²) in [6.07, 6.45) is 0.992. The molecular formula is C15H22N4OS. The van der Waals surface area contributed by atoms with Gasteiger partial charge in [0.15, 0.2) is 4.96 Å². The molecule has 0 aliphatic carbocycles. The molecule has 3 rings (SSSR count). The Balaban J connectivity index is 1.84. The van der Waals surface area contributed by atoms with E-state index in [9.17, 15) is 4.79 Å². The molecule has 0 saturated carbocycles. The summed E-state index contributed by atoms with van der Waals surface area (Å²) in [6, 6.07) is 1.91. The summed E-state index contributed by atoms with van der Waals surface area (Å²) in [5.74, 6) is 0. The van der Waals surface area contributed by atoms with E-state index in [1.165, 1.54) is 11.3 Å². The molecule has 0 amide bonds. The third-order valence-electron chi connectivity index (χ3n) is 4.41. The Morgan fingerprint density at radius 1 is 1.52 bits per heavy atom. The van der Waals surface area contributed by atoms with Gasteiger partial charge in [0.2, 0.25) is 0 Å². The summed E-state index contributed by atoms with van der Waals surface area (Å²) < 4.78 is 1.67. The molecule has 5 nitrogen and oxygen atoms in total. The highest BCUT2D eigenvalue weighted by atomic mass is 32.1. The van der Waals surface area contributed by atoms with E-state index >= 15 is 0 Å². The molecule has 0 radical (unpaired) electrons. The van der Waals surface area contributed by atoms with Crippen molar-refractivity contribution in [3.8, 4) is 0 Å². The molecule has 1 unspecified atom stereocenters. The first-order valence-corrected chi connectivity index (χ1v) is 8.19. The van der Waals surface area contributed by atoms with Crippen molar-refractivity contribution in [3.05, 3.63) is 33.2 Å². The molecule has 21 heavy (non-hydrogen) atoms. The van der Waals surface area contributed by atoms with Crippen molar-refractivity contribution in [1.29, 1.82) is 0 Å². The normalized spacial score (nSPS) is 22.8. The zero-order valence-electron chi connectivity index (χ0n) is 12.8. The van der Waals surface area contributed by atoms with Gasteiger partial charge >= 0.3 is 0 Å². The maximum absolute atomic E-state index is 12.2. The first-order chi connectivity index (χ1) is 9.87. The molecule has 1 aliphatic rings. The highest BCUT2D eigenvalue weighted by Gasteiger charge is 2.33. The molecule has 2 aromatic heterocycles. The van der Waals surface area contributed by atoms with E-state index in [-0.39, 0.29) is 17.0 Å². The molecule has 1 saturated heterocycles. The molecule has 3 heterocycles. The maximum atomic E-state index is 12.2. The minimum Gasteiger partial charge on any atom is -0.327 e. The number of fused-ring (bicyclic) bond motifs is 1. The second-order valence-corrected chi connectivity index (χ2v) is 7.51. The van der Waals surface area contributed by atoms with Gasteiger partial charge < -0.3 is 5.73 Å². The van der Waals surface area contributed by atoms with Crippen molar-refractivity contribution in [3.63, 3.8) is 0 Å². The topological polar surface area (TPSA) is 63.6 Å². The smallest absolute Gasteiger partial charge is 0.259 e. The largest absolute Gasteiger partial charge is 0.327 e. The van der Waals surface area contributed by atoms with Gasteiger partial charge in [-0.2, -0.15) is 0 Å². The first kappa shape index (κ1) is 14.7. The molecule has 1 fully saturated rings. The number of hydrogen-bond donors (Lipinski definition) is 1. The third kappa shape index (κ3) is 2.75. The van der Waals surface area contributed by atoms with Crippen LogP contribution in [0.2, 0.25) is 0 Å². The van der Waals surface area contributed by atoms with E-state index in [2.05, 4.69) is 23.7 Å². The lowest BCUT2D eigenvalue weighted by Gasteiger charge is -2.42. The number of thiazole rings is 1. The Morgan fingerprint density at radius 3 is 3.00 bits per heavy atom. The van der Waals surface area contributed by atoms with Crippen LogP contribution in [-0.4, -0.2) is 33.4 Å². The molecule has 1 aliphatic heterocycles. The van der Waals surface area contributed by atoms with Gasteiger partial charge in [0, 0.05) is 42.8 Å². The van der Waals surface area contributed by atoms with E-state index in [4.69, 9.17) is 5.73 Å². The molecule has 0 aromatic carbocycles. The van der Waals surface area contributed by atoms with Gasteiger partial charge in [-0.25, -0.2) is 4.98 Å². The molecule has 0 bridgehead atoms. The van der Waals surface area contributed by atoms with Crippen molar-refractivity contribution in [2.75, 3.05) is 13.1 Å². The molecule has 2 N–H and O–H groups in total. The average molecular weight is 306 g/mol. The van der Waals surface area contributed by atoms with Crippen LogP contribution in [0.3, 0.4) is 0 Å². The minimum atomic E-state index is 0.0155. The standard InChI is InChI=1S/C15H22N4OS/c1-10-8-21-14-17-11(6-13(20)19(10)14)7-18-5-4-12(16)15(2,3)9-18/h6,8,12H,4-5,7,9,16H2,1-3H3. The molecule has 1 atom stereocenters. The Morgan fingerprint density at radius 2 is 2.29 bits per heavy atom. The van der Waals surface area contributed by atoms with Crippen LogP contribution in [0, 0.1) is 12.3 Å². The van der Waals surface area contributed by atoms with E-state index < -0.39 is 0 Å². The number of rotatable bonds is 2. The van der Waals surface area contributed by atoms with Gasteiger partial charge in [-0.15, -0.1) is 11.3 Å². The highest BCUT2D eigenvalue weighted by Crippen LogP contribution is 2.28.